The molecule has 0 unspecified atom stereocenters. The Morgan fingerprint density at radius 1 is 1.18 bits per heavy atom. The molecule has 2 aromatic rings. The summed E-state index contributed by atoms with van der Waals surface area (Å²) in [6, 6.07) is 14.2. The lowest BCUT2D eigenvalue weighted by atomic mass is 9.94. The number of benzene rings is 2. The second kappa shape index (κ2) is 4.99. The SMILES string of the molecule is CCc1cccc2cccc(C[C@H](N)C#N)c12. The molecule has 2 aromatic carbocycles. The van der Waals surface area contributed by atoms with Crippen LogP contribution in [-0.2, 0) is 12.8 Å². The molecule has 86 valence electrons. The van der Waals surface area contributed by atoms with E-state index in [-0.39, 0.29) is 0 Å². The Labute approximate surface area is 102 Å². The van der Waals surface area contributed by atoms with Gasteiger partial charge < -0.3 is 5.73 Å². The minimum absolute atomic E-state index is 0.425. The van der Waals surface area contributed by atoms with Crippen molar-refractivity contribution in [2.75, 3.05) is 0 Å². The van der Waals surface area contributed by atoms with Crippen molar-refractivity contribution >= 4 is 10.8 Å². The number of aryl methyl sites for hydroxylation is 1. The van der Waals surface area contributed by atoms with E-state index in [0.29, 0.717) is 6.42 Å². The third kappa shape index (κ3) is 2.30. The molecular weight excluding hydrogens is 208 g/mol. The summed E-state index contributed by atoms with van der Waals surface area (Å²) in [7, 11) is 0. The smallest absolute Gasteiger partial charge is 0.0969 e. The summed E-state index contributed by atoms with van der Waals surface area (Å²) in [4.78, 5) is 0. The summed E-state index contributed by atoms with van der Waals surface area (Å²) in [5, 5.41) is 11.3. The molecular formula is C15H16N2. The summed E-state index contributed by atoms with van der Waals surface area (Å²) in [6.45, 7) is 2.15. The molecule has 0 saturated carbocycles. The molecule has 0 spiro atoms. The van der Waals surface area contributed by atoms with Gasteiger partial charge in [-0.25, -0.2) is 0 Å². The molecule has 2 nitrogen and oxygen atoms in total. The van der Waals surface area contributed by atoms with Crippen LogP contribution in [0.3, 0.4) is 0 Å². The van der Waals surface area contributed by atoms with E-state index in [1.165, 1.54) is 21.9 Å². The number of nitrogens with two attached hydrogens (primary N) is 1. The number of fused-ring (bicyclic) bond motifs is 1. The lowest BCUT2D eigenvalue weighted by Gasteiger charge is -2.11. The van der Waals surface area contributed by atoms with E-state index in [9.17, 15) is 0 Å². The average Bonchev–Trinajstić information content (AvgIpc) is 2.38. The first kappa shape index (κ1) is 11.6. The van der Waals surface area contributed by atoms with Gasteiger partial charge in [-0.1, -0.05) is 43.3 Å². The fourth-order valence-corrected chi connectivity index (χ4v) is 2.25. The Kier molecular flexibility index (Phi) is 3.41. The van der Waals surface area contributed by atoms with Crippen LogP contribution >= 0.6 is 0 Å². The summed E-state index contributed by atoms with van der Waals surface area (Å²) >= 11 is 0. The van der Waals surface area contributed by atoms with Gasteiger partial charge in [0.05, 0.1) is 12.1 Å². The van der Waals surface area contributed by atoms with E-state index < -0.39 is 6.04 Å². The van der Waals surface area contributed by atoms with Crippen molar-refractivity contribution in [2.45, 2.75) is 25.8 Å². The van der Waals surface area contributed by atoms with Crippen LogP contribution in [0.2, 0.25) is 0 Å². The van der Waals surface area contributed by atoms with Crippen molar-refractivity contribution < 1.29 is 0 Å². The maximum absolute atomic E-state index is 8.82. The van der Waals surface area contributed by atoms with Crippen LogP contribution in [0.25, 0.3) is 10.8 Å². The molecule has 0 saturated heterocycles. The van der Waals surface area contributed by atoms with Gasteiger partial charge in [-0.2, -0.15) is 5.26 Å². The second-order valence-corrected chi connectivity index (χ2v) is 4.23. The van der Waals surface area contributed by atoms with Gasteiger partial charge in [0.25, 0.3) is 0 Å². The van der Waals surface area contributed by atoms with Crippen molar-refractivity contribution in [1.82, 2.24) is 0 Å². The first-order valence-corrected chi connectivity index (χ1v) is 5.91. The van der Waals surface area contributed by atoms with E-state index in [0.717, 1.165) is 6.42 Å². The fourth-order valence-electron chi connectivity index (χ4n) is 2.25. The van der Waals surface area contributed by atoms with Crippen molar-refractivity contribution in [1.29, 1.82) is 5.26 Å². The van der Waals surface area contributed by atoms with Crippen molar-refractivity contribution in [3.63, 3.8) is 0 Å². The largest absolute Gasteiger partial charge is 0.316 e. The van der Waals surface area contributed by atoms with E-state index >= 15 is 0 Å². The molecule has 2 N–H and O–H groups in total. The first-order chi connectivity index (χ1) is 8.26. The van der Waals surface area contributed by atoms with E-state index in [1.807, 2.05) is 6.07 Å². The zero-order valence-corrected chi connectivity index (χ0v) is 9.98. The quantitative estimate of drug-likeness (QED) is 0.871. The van der Waals surface area contributed by atoms with E-state index in [2.05, 4.69) is 43.3 Å². The number of nitriles is 1. The van der Waals surface area contributed by atoms with Crippen LogP contribution in [0.4, 0.5) is 0 Å². The van der Waals surface area contributed by atoms with Crippen LogP contribution in [0.5, 0.6) is 0 Å². The Balaban J connectivity index is 2.59. The minimum atomic E-state index is -0.425. The standard InChI is InChI=1S/C15H16N2/c1-2-11-5-3-6-12-7-4-8-13(15(11)12)9-14(17)10-16/h3-8,14H,2,9,17H2,1H3/t14-/m0/s1. The van der Waals surface area contributed by atoms with Crippen molar-refractivity contribution in [3.8, 4) is 6.07 Å². The summed E-state index contributed by atoms with van der Waals surface area (Å²) < 4.78 is 0. The zero-order chi connectivity index (χ0) is 12.3. The molecule has 0 aromatic heterocycles. The summed E-state index contributed by atoms with van der Waals surface area (Å²) in [6.07, 6.45) is 1.61. The first-order valence-electron chi connectivity index (χ1n) is 5.91. The van der Waals surface area contributed by atoms with Crippen LogP contribution in [-0.4, -0.2) is 6.04 Å². The molecule has 0 radical (unpaired) electrons. The highest BCUT2D eigenvalue weighted by Gasteiger charge is 2.08. The molecule has 0 amide bonds. The zero-order valence-electron chi connectivity index (χ0n) is 9.98. The highest BCUT2D eigenvalue weighted by molar-refractivity contribution is 5.89. The van der Waals surface area contributed by atoms with Gasteiger partial charge in [0, 0.05) is 6.42 Å². The molecule has 0 aliphatic carbocycles. The number of hydrogen-bond donors (Lipinski definition) is 1. The molecule has 1 atom stereocenters. The van der Waals surface area contributed by atoms with Gasteiger partial charge in [-0.3, -0.25) is 0 Å². The molecule has 2 heteroatoms. The van der Waals surface area contributed by atoms with Gasteiger partial charge in [0.2, 0.25) is 0 Å². The Hall–Kier alpha value is -1.85. The minimum Gasteiger partial charge on any atom is -0.316 e. The van der Waals surface area contributed by atoms with Gasteiger partial charge in [-0.15, -0.1) is 0 Å². The van der Waals surface area contributed by atoms with Crippen LogP contribution in [0, 0.1) is 11.3 Å². The number of hydrogen-bond acceptors (Lipinski definition) is 2. The predicted octanol–water partition coefficient (Wildman–Crippen LogP) is 2.80. The molecule has 0 fully saturated rings. The normalized spacial score (nSPS) is 12.3. The second-order valence-electron chi connectivity index (χ2n) is 4.23. The lowest BCUT2D eigenvalue weighted by Crippen LogP contribution is -2.20. The van der Waals surface area contributed by atoms with Crippen LogP contribution in [0.1, 0.15) is 18.1 Å². The topological polar surface area (TPSA) is 49.8 Å². The van der Waals surface area contributed by atoms with Gasteiger partial charge in [-0.05, 0) is 28.3 Å². The van der Waals surface area contributed by atoms with Crippen molar-refractivity contribution in [3.05, 3.63) is 47.5 Å². The van der Waals surface area contributed by atoms with Crippen molar-refractivity contribution in [2.24, 2.45) is 5.73 Å². The van der Waals surface area contributed by atoms with E-state index in [4.69, 9.17) is 11.0 Å². The number of rotatable bonds is 3. The maximum Gasteiger partial charge on any atom is 0.0969 e. The summed E-state index contributed by atoms with van der Waals surface area (Å²) in [5.74, 6) is 0. The molecule has 0 aliphatic rings. The monoisotopic (exact) mass is 224 g/mol. The third-order valence-electron chi connectivity index (χ3n) is 3.06. The third-order valence-corrected chi connectivity index (χ3v) is 3.06. The Morgan fingerprint density at radius 3 is 2.41 bits per heavy atom. The summed E-state index contributed by atoms with van der Waals surface area (Å²) in [5.41, 5.74) is 8.22. The molecule has 0 bridgehead atoms. The van der Waals surface area contributed by atoms with Crippen LogP contribution < -0.4 is 5.73 Å². The predicted molar refractivity (Wildman–Crippen MR) is 70.6 cm³/mol. The fraction of sp³-hybridized carbons (Fsp3) is 0.267. The highest BCUT2D eigenvalue weighted by atomic mass is 14.6. The van der Waals surface area contributed by atoms with Gasteiger partial charge >= 0.3 is 0 Å². The molecule has 0 aliphatic heterocycles. The van der Waals surface area contributed by atoms with Crippen LogP contribution in [0.15, 0.2) is 36.4 Å². The molecule has 2 rings (SSSR count). The highest BCUT2D eigenvalue weighted by Crippen LogP contribution is 2.24. The van der Waals surface area contributed by atoms with E-state index in [1.54, 1.807) is 0 Å². The molecule has 0 heterocycles. The Bertz CT molecular complexity index is 561. The Morgan fingerprint density at radius 2 is 1.82 bits per heavy atom. The van der Waals surface area contributed by atoms with Gasteiger partial charge in [0.1, 0.15) is 0 Å². The maximum atomic E-state index is 8.82. The lowest BCUT2D eigenvalue weighted by molar-refractivity contribution is 0.827. The number of nitrogens with zero attached hydrogens (tertiary/aromatic N) is 1. The average molecular weight is 224 g/mol. The molecule has 17 heavy (non-hydrogen) atoms. The van der Waals surface area contributed by atoms with Gasteiger partial charge in [0.15, 0.2) is 0 Å².